The smallest absolute Gasteiger partial charge is 0.194 e. The molecule has 0 amide bonds. The Labute approximate surface area is 219 Å². The SMILES string of the molecule is CCC(C)C1CN(CCCC[C@H]2CN=C(N)N2CC2CCCCC2)C(=N)N1CCc1cccc(C)c1. The van der Waals surface area contributed by atoms with Gasteiger partial charge in [0.25, 0.3) is 0 Å². The lowest BCUT2D eigenvalue weighted by molar-refractivity contribution is 0.232. The minimum Gasteiger partial charge on any atom is -0.370 e. The van der Waals surface area contributed by atoms with E-state index in [1.165, 1.54) is 49.7 Å². The summed E-state index contributed by atoms with van der Waals surface area (Å²) in [6.07, 6.45) is 12.5. The van der Waals surface area contributed by atoms with E-state index >= 15 is 0 Å². The molecule has 0 bridgehead atoms. The minimum absolute atomic E-state index is 0.446. The highest BCUT2D eigenvalue weighted by atomic mass is 15.4. The number of unbranched alkanes of at least 4 members (excludes halogenated alkanes) is 1. The first-order valence-corrected chi connectivity index (χ1v) is 14.7. The van der Waals surface area contributed by atoms with Gasteiger partial charge in [-0.05, 0) is 62.8 Å². The monoisotopic (exact) mass is 494 g/mol. The Balaban J connectivity index is 1.25. The molecule has 2 aliphatic heterocycles. The molecule has 3 N–H and O–H groups in total. The topological polar surface area (TPSA) is 72.0 Å². The fourth-order valence-corrected chi connectivity index (χ4v) is 6.49. The van der Waals surface area contributed by atoms with E-state index in [1.54, 1.807) is 0 Å². The van der Waals surface area contributed by atoms with Crippen LogP contribution in [0.15, 0.2) is 29.3 Å². The second-order valence-electron chi connectivity index (χ2n) is 11.7. The molecule has 1 saturated carbocycles. The summed E-state index contributed by atoms with van der Waals surface area (Å²) in [5, 5.41) is 8.98. The molecule has 0 aromatic heterocycles. The van der Waals surface area contributed by atoms with Crippen molar-refractivity contribution in [2.75, 3.05) is 32.7 Å². The van der Waals surface area contributed by atoms with Crippen LogP contribution in [0.2, 0.25) is 0 Å². The van der Waals surface area contributed by atoms with Crippen molar-refractivity contribution in [2.24, 2.45) is 22.6 Å². The Morgan fingerprint density at radius 2 is 1.92 bits per heavy atom. The lowest BCUT2D eigenvalue weighted by Crippen LogP contribution is -2.43. The lowest BCUT2D eigenvalue weighted by Gasteiger charge is -2.32. The van der Waals surface area contributed by atoms with Gasteiger partial charge in [-0.1, -0.05) is 69.4 Å². The number of nitrogens with zero attached hydrogens (tertiary/aromatic N) is 4. The minimum atomic E-state index is 0.446. The van der Waals surface area contributed by atoms with Gasteiger partial charge in [-0.3, -0.25) is 10.4 Å². The van der Waals surface area contributed by atoms with Crippen LogP contribution in [-0.2, 0) is 6.42 Å². The van der Waals surface area contributed by atoms with Gasteiger partial charge in [-0.15, -0.1) is 0 Å². The number of guanidine groups is 2. The summed E-state index contributed by atoms with van der Waals surface area (Å²) in [7, 11) is 0. The van der Waals surface area contributed by atoms with Crippen LogP contribution >= 0.6 is 0 Å². The zero-order valence-corrected chi connectivity index (χ0v) is 23.1. The second-order valence-corrected chi connectivity index (χ2v) is 11.7. The van der Waals surface area contributed by atoms with Gasteiger partial charge >= 0.3 is 0 Å². The predicted molar refractivity (Wildman–Crippen MR) is 152 cm³/mol. The maximum Gasteiger partial charge on any atom is 0.194 e. The molecule has 1 saturated heterocycles. The Hall–Kier alpha value is -2.24. The van der Waals surface area contributed by atoms with Gasteiger partial charge < -0.3 is 20.4 Å². The van der Waals surface area contributed by atoms with Crippen LogP contribution in [0.1, 0.15) is 82.8 Å². The first-order chi connectivity index (χ1) is 17.5. The van der Waals surface area contributed by atoms with E-state index in [4.69, 9.17) is 11.1 Å². The largest absolute Gasteiger partial charge is 0.370 e. The molecular formula is C30H50N6. The quantitative estimate of drug-likeness (QED) is 0.389. The molecule has 4 rings (SSSR count). The van der Waals surface area contributed by atoms with Crippen LogP contribution in [-0.4, -0.2) is 71.4 Å². The fourth-order valence-electron chi connectivity index (χ4n) is 6.49. The van der Waals surface area contributed by atoms with Crippen molar-refractivity contribution in [2.45, 2.75) is 97.1 Å². The summed E-state index contributed by atoms with van der Waals surface area (Å²) < 4.78 is 0. The summed E-state index contributed by atoms with van der Waals surface area (Å²) >= 11 is 0. The number of hydrogen-bond donors (Lipinski definition) is 2. The average molecular weight is 495 g/mol. The summed E-state index contributed by atoms with van der Waals surface area (Å²) in [4.78, 5) is 11.7. The van der Waals surface area contributed by atoms with Gasteiger partial charge in [-0.25, -0.2) is 0 Å². The van der Waals surface area contributed by atoms with Crippen LogP contribution in [0.25, 0.3) is 0 Å². The molecule has 0 radical (unpaired) electrons. The molecule has 6 nitrogen and oxygen atoms in total. The third kappa shape index (κ3) is 6.74. The highest BCUT2D eigenvalue weighted by molar-refractivity contribution is 5.80. The van der Waals surface area contributed by atoms with E-state index in [-0.39, 0.29) is 0 Å². The molecule has 2 heterocycles. The van der Waals surface area contributed by atoms with Crippen LogP contribution < -0.4 is 5.73 Å². The van der Waals surface area contributed by atoms with Crippen molar-refractivity contribution >= 4 is 11.9 Å². The molecule has 3 atom stereocenters. The molecule has 2 fully saturated rings. The number of nitrogens with one attached hydrogen (secondary N) is 1. The Morgan fingerprint density at radius 1 is 1.11 bits per heavy atom. The van der Waals surface area contributed by atoms with E-state index in [0.717, 1.165) is 76.2 Å². The number of aliphatic imine (C=N–C) groups is 1. The number of hydrogen-bond acceptors (Lipinski definition) is 4. The van der Waals surface area contributed by atoms with Gasteiger partial charge in [0.1, 0.15) is 0 Å². The average Bonchev–Trinajstić information content (AvgIpc) is 3.39. The van der Waals surface area contributed by atoms with E-state index in [0.29, 0.717) is 18.0 Å². The maximum absolute atomic E-state index is 8.98. The van der Waals surface area contributed by atoms with Gasteiger partial charge in [-0.2, -0.15) is 0 Å². The van der Waals surface area contributed by atoms with E-state index < -0.39 is 0 Å². The van der Waals surface area contributed by atoms with Gasteiger partial charge in [0.15, 0.2) is 11.9 Å². The highest BCUT2D eigenvalue weighted by Gasteiger charge is 2.36. The lowest BCUT2D eigenvalue weighted by atomic mass is 9.88. The Kier molecular flexibility index (Phi) is 9.55. The molecule has 3 aliphatic rings. The third-order valence-electron chi connectivity index (χ3n) is 9.00. The molecule has 1 aliphatic carbocycles. The highest BCUT2D eigenvalue weighted by Crippen LogP contribution is 2.28. The third-order valence-corrected chi connectivity index (χ3v) is 9.00. The summed E-state index contributed by atoms with van der Waals surface area (Å²) in [6.45, 7) is 11.7. The van der Waals surface area contributed by atoms with Crippen LogP contribution in [0.4, 0.5) is 0 Å². The molecule has 200 valence electrons. The standard InChI is InChI=1S/C30H50N6/c1-4-24(3)28-22-34(30(32)35(28)18-16-25-14-10-11-23(2)19-25)17-9-8-15-27-20-33-29(31)36(27)21-26-12-6-5-7-13-26/h10-11,14,19,24,26-28,32H,4-9,12-13,15-18,20-22H2,1-3H3,(H2,31,33)/t24?,27-,28?/m0/s1. The Morgan fingerprint density at radius 3 is 2.67 bits per heavy atom. The Bertz CT molecular complexity index is 876. The van der Waals surface area contributed by atoms with Crippen LogP contribution in [0.5, 0.6) is 0 Å². The molecule has 2 unspecified atom stereocenters. The summed E-state index contributed by atoms with van der Waals surface area (Å²) in [5.41, 5.74) is 8.98. The van der Waals surface area contributed by atoms with Crippen molar-refractivity contribution in [3.05, 3.63) is 35.4 Å². The molecular weight excluding hydrogens is 444 g/mol. The molecule has 1 aromatic carbocycles. The van der Waals surface area contributed by atoms with E-state index in [2.05, 4.69) is 64.7 Å². The molecule has 6 heteroatoms. The van der Waals surface area contributed by atoms with Crippen molar-refractivity contribution in [3.63, 3.8) is 0 Å². The zero-order valence-electron chi connectivity index (χ0n) is 23.1. The number of rotatable bonds is 12. The molecule has 0 spiro atoms. The maximum atomic E-state index is 8.98. The fraction of sp³-hybridized carbons (Fsp3) is 0.733. The first-order valence-electron chi connectivity index (χ1n) is 14.7. The first kappa shape index (κ1) is 26.8. The van der Waals surface area contributed by atoms with Crippen molar-refractivity contribution in [3.8, 4) is 0 Å². The second kappa shape index (κ2) is 12.8. The normalized spacial score (nSPS) is 24.0. The summed E-state index contributed by atoms with van der Waals surface area (Å²) in [6, 6.07) is 9.74. The predicted octanol–water partition coefficient (Wildman–Crippen LogP) is 5.25. The van der Waals surface area contributed by atoms with Gasteiger partial charge in [0, 0.05) is 26.2 Å². The summed E-state index contributed by atoms with van der Waals surface area (Å²) in [5.74, 6) is 2.90. The van der Waals surface area contributed by atoms with Crippen molar-refractivity contribution < 1.29 is 0 Å². The van der Waals surface area contributed by atoms with Crippen molar-refractivity contribution in [1.82, 2.24) is 14.7 Å². The van der Waals surface area contributed by atoms with Crippen LogP contribution in [0, 0.1) is 24.2 Å². The molecule has 1 aromatic rings. The van der Waals surface area contributed by atoms with E-state index in [1.807, 2.05) is 0 Å². The van der Waals surface area contributed by atoms with Gasteiger partial charge in [0.2, 0.25) is 0 Å². The number of nitrogens with two attached hydrogens (primary N) is 1. The molecule has 36 heavy (non-hydrogen) atoms. The van der Waals surface area contributed by atoms with Gasteiger partial charge in [0.05, 0.1) is 18.6 Å². The number of aryl methyl sites for hydroxylation is 1. The number of benzene rings is 1. The van der Waals surface area contributed by atoms with E-state index in [9.17, 15) is 0 Å². The van der Waals surface area contributed by atoms with Crippen LogP contribution in [0.3, 0.4) is 0 Å². The zero-order chi connectivity index (χ0) is 25.5. The van der Waals surface area contributed by atoms with Crippen molar-refractivity contribution in [1.29, 1.82) is 5.41 Å².